The van der Waals surface area contributed by atoms with Gasteiger partial charge in [0.05, 0.1) is 4.58 Å². The summed E-state index contributed by atoms with van der Waals surface area (Å²) in [5, 5.41) is 0. The molecule has 0 spiro atoms. The van der Waals surface area contributed by atoms with Crippen molar-refractivity contribution in [2.24, 2.45) is 0 Å². The van der Waals surface area contributed by atoms with E-state index >= 15 is 0 Å². The van der Waals surface area contributed by atoms with Gasteiger partial charge in [-0.05, 0) is 55.0 Å². The first kappa shape index (κ1) is 19.9. The van der Waals surface area contributed by atoms with Crippen LogP contribution < -0.4 is 4.74 Å². The van der Waals surface area contributed by atoms with E-state index in [1.165, 1.54) is 23.5 Å². The second kappa shape index (κ2) is 9.90. The summed E-state index contributed by atoms with van der Waals surface area (Å²) in [7, 11) is 1.92. The zero-order valence-corrected chi connectivity index (χ0v) is 17.5. The highest BCUT2D eigenvalue weighted by Gasteiger charge is 2.25. The number of hydrogen-bond acceptors (Lipinski definition) is 5. The molecule has 0 saturated carbocycles. The van der Waals surface area contributed by atoms with Crippen molar-refractivity contribution in [2.75, 3.05) is 44.8 Å². The lowest BCUT2D eigenvalue weighted by Gasteiger charge is -2.36. The van der Waals surface area contributed by atoms with Gasteiger partial charge in [0.25, 0.3) is 5.91 Å². The largest absolute Gasteiger partial charge is 0.484 e. The standard InChI is InChI=1S/C20H30N2O2S2/c1-3-22-11-9-17(10-12-22)21(2)19(23)15-24-18-7-5-16(6-8-18)20-25-13-4-14-26-20/h5-8,17,20H,3-4,9-15H2,1-2H3. The number of likely N-dealkylation sites (tertiary alicyclic amines) is 1. The molecule has 0 atom stereocenters. The Bertz CT molecular complexity index is 568. The summed E-state index contributed by atoms with van der Waals surface area (Å²) in [4.78, 5) is 16.8. The van der Waals surface area contributed by atoms with Crippen molar-refractivity contribution < 1.29 is 9.53 Å². The number of likely N-dealkylation sites (N-methyl/N-ethyl adjacent to an activating group) is 1. The van der Waals surface area contributed by atoms with E-state index in [2.05, 4.69) is 24.0 Å². The number of carbonyl (C=O) groups is 1. The monoisotopic (exact) mass is 394 g/mol. The molecule has 2 aliphatic rings. The Labute approximate surface area is 166 Å². The van der Waals surface area contributed by atoms with Crippen LogP contribution in [0.5, 0.6) is 5.75 Å². The number of ether oxygens (including phenoxy) is 1. The highest BCUT2D eigenvalue weighted by Crippen LogP contribution is 2.43. The van der Waals surface area contributed by atoms with E-state index in [1.807, 2.05) is 47.6 Å². The van der Waals surface area contributed by atoms with Crippen molar-refractivity contribution in [2.45, 2.75) is 36.8 Å². The van der Waals surface area contributed by atoms with Crippen molar-refractivity contribution in [3.05, 3.63) is 29.8 Å². The van der Waals surface area contributed by atoms with Gasteiger partial charge in [-0.3, -0.25) is 4.79 Å². The first-order valence-electron chi connectivity index (χ1n) is 9.61. The molecule has 26 heavy (non-hydrogen) atoms. The molecule has 3 rings (SSSR count). The van der Waals surface area contributed by atoms with Gasteiger partial charge < -0.3 is 14.5 Å². The summed E-state index contributed by atoms with van der Waals surface area (Å²) < 4.78 is 6.29. The first-order chi connectivity index (χ1) is 12.7. The maximum Gasteiger partial charge on any atom is 0.260 e. The Morgan fingerprint density at radius 2 is 1.85 bits per heavy atom. The number of thioether (sulfide) groups is 2. The Morgan fingerprint density at radius 1 is 1.19 bits per heavy atom. The van der Waals surface area contributed by atoms with Crippen LogP contribution in [0.25, 0.3) is 0 Å². The molecule has 0 aliphatic carbocycles. The average Bonchev–Trinajstić information content (AvgIpc) is 2.72. The maximum absolute atomic E-state index is 12.5. The molecule has 0 radical (unpaired) electrons. The van der Waals surface area contributed by atoms with E-state index in [-0.39, 0.29) is 12.5 Å². The highest BCUT2D eigenvalue weighted by atomic mass is 32.2. The summed E-state index contributed by atoms with van der Waals surface area (Å²) in [6, 6.07) is 8.62. The average molecular weight is 395 g/mol. The molecule has 0 unspecified atom stereocenters. The van der Waals surface area contributed by atoms with Gasteiger partial charge in [0.2, 0.25) is 0 Å². The SMILES string of the molecule is CCN1CCC(N(C)C(=O)COc2ccc(C3SCCCS3)cc2)CC1. The van der Waals surface area contributed by atoms with E-state index in [0.29, 0.717) is 10.6 Å². The van der Waals surface area contributed by atoms with Crippen molar-refractivity contribution in [1.82, 2.24) is 9.80 Å². The summed E-state index contributed by atoms with van der Waals surface area (Å²) in [5.74, 6) is 3.34. The van der Waals surface area contributed by atoms with Crippen LogP contribution in [-0.2, 0) is 4.79 Å². The van der Waals surface area contributed by atoms with Crippen LogP contribution in [0.4, 0.5) is 0 Å². The van der Waals surface area contributed by atoms with Gasteiger partial charge in [-0.25, -0.2) is 0 Å². The van der Waals surface area contributed by atoms with Crippen molar-refractivity contribution >= 4 is 29.4 Å². The van der Waals surface area contributed by atoms with Crippen LogP contribution in [0.3, 0.4) is 0 Å². The molecule has 2 saturated heterocycles. The smallest absolute Gasteiger partial charge is 0.260 e. The Kier molecular flexibility index (Phi) is 7.58. The third-order valence-electron chi connectivity index (χ3n) is 5.29. The molecule has 0 N–H and O–H groups in total. The molecule has 2 heterocycles. The first-order valence-corrected chi connectivity index (χ1v) is 11.7. The predicted octanol–water partition coefficient (Wildman–Crippen LogP) is 3.88. The Balaban J connectivity index is 1.45. The summed E-state index contributed by atoms with van der Waals surface area (Å²) in [6.45, 7) is 5.58. The fourth-order valence-corrected chi connectivity index (χ4v) is 6.37. The van der Waals surface area contributed by atoms with Gasteiger partial charge >= 0.3 is 0 Å². The number of amides is 1. The van der Waals surface area contributed by atoms with E-state index in [1.54, 1.807) is 0 Å². The number of piperidine rings is 1. The van der Waals surface area contributed by atoms with Gasteiger partial charge in [0.15, 0.2) is 6.61 Å². The van der Waals surface area contributed by atoms with Crippen LogP contribution in [0.1, 0.15) is 36.3 Å². The molecule has 0 bridgehead atoms. The molecule has 144 valence electrons. The molecule has 2 aliphatic heterocycles. The lowest BCUT2D eigenvalue weighted by molar-refractivity contribution is -0.135. The fourth-order valence-electron chi connectivity index (χ4n) is 3.47. The molecule has 0 aromatic heterocycles. The van der Waals surface area contributed by atoms with E-state index < -0.39 is 0 Å². The summed E-state index contributed by atoms with van der Waals surface area (Å²) in [5.41, 5.74) is 1.35. The van der Waals surface area contributed by atoms with Crippen LogP contribution in [0, 0.1) is 0 Å². The normalized spacial score (nSPS) is 20.1. The van der Waals surface area contributed by atoms with Gasteiger partial charge in [-0.1, -0.05) is 19.1 Å². The summed E-state index contributed by atoms with van der Waals surface area (Å²) >= 11 is 4.04. The second-order valence-corrected chi connectivity index (χ2v) is 9.68. The van der Waals surface area contributed by atoms with Crippen molar-refractivity contribution in [3.63, 3.8) is 0 Å². The van der Waals surface area contributed by atoms with E-state index in [9.17, 15) is 4.79 Å². The number of carbonyl (C=O) groups excluding carboxylic acids is 1. The van der Waals surface area contributed by atoms with Crippen molar-refractivity contribution in [3.8, 4) is 5.75 Å². The zero-order valence-electron chi connectivity index (χ0n) is 15.9. The molecule has 2 fully saturated rings. The van der Waals surface area contributed by atoms with Gasteiger partial charge in [0.1, 0.15) is 5.75 Å². The highest BCUT2D eigenvalue weighted by molar-refractivity contribution is 8.16. The van der Waals surface area contributed by atoms with E-state index in [4.69, 9.17) is 4.74 Å². The lowest BCUT2D eigenvalue weighted by atomic mass is 10.0. The number of rotatable bonds is 6. The predicted molar refractivity (Wildman–Crippen MR) is 112 cm³/mol. The molecule has 6 heteroatoms. The number of nitrogens with zero attached hydrogens (tertiary/aromatic N) is 2. The topological polar surface area (TPSA) is 32.8 Å². The minimum Gasteiger partial charge on any atom is -0.484 e. The van der Waals surface area contributed by atoms with Crippen LogP contribution >= 0.6 is 23.5 Å². The van der Waals surface area contributed by atoms with Gasteiger partial charge in [-0.2, -0.15) is 0 Å². The van der Waals surface area contributed by atoms with Crippen LogP contribution in [0.2, 0.25) is 0 Å². The van der Waals surface area contributed by atoms with E-state index in [0.717, 1.165) is 38.2 Å². The zero-order chi connectivity index (χ0) is 18.4. The van der Waals surface area contributed by atoms with Crippen molar-refractivity contribution in [1.29, 1.82) is 0 Å². The molecule has 4 nitrogen and oxygen atoms in total. The third-order valence-corrected chi connectivity index (χ3v) is 8.30. The molecular formula is C20H30N2O2S2. The number of benzene rings is 1. The Hall–Kier alpha value is -0.850. The molecule has 1 aromatic rings. The fraction of sp³-hybridized carbons (Fsp3) is 0.650. The Morgan fingerprint density at radius 3 is 2.46 bits per heavy atom. The molecule has 1 aromatic carbocycles. The minimum absolute atomic E-state index is 0.0717. The van der Waals surface area contributed by atoms with Crippen LogP contribution in [0.15, 0.2) is 24.3 Å². The van der Waals surface area contributed by atoms with Gasteiger partial charge in [-0.15, -0.1) is 23.5 Å². The molecular weight excluding hydrogens is 364 g/mol. The lowest BCUT2D eigenvalue weighted by Crippen LogP contribution is -2.46. The van der Waals surface area contributed by atoms with Gasteiger partial charge in [0, 0.05) is 26.2 Å². The second-order valence-electron chi connectivity index (χ2n) is 6.95. The minimum atomic E-state index is 0.0717. The van der Waals surface area contributed by atoms with Crippen LogP contribution in [-0.4, -0.2) is 66.5 Å². The summed E-state index contributed by atoms with van der Waals surface area (Å²) in [6.07, 6.45) is 3.42. The third kappa shape index (κ3) is 5.33. The molecule has 1 amide bonds. The number of hydrogen-bond donors (Lipinski definition) is 0. The maximum atomic E-state index is 12.5. The quantitative estimate of drug-likeness (QED) is 0.731.